The molecule has 0 heterocycles. The lowest BCUT2D eigenvalue weighted by molar-refractivity contribution is -0.166. The number of esters is 1. The zero-order chi connectivity index (χ0) is 27.6. The molecule has 1 N–H and O–H groups in total. The van der Waals surface area contributed by atoms with E-state index in [1.165, 1.54) is 26.2 Å². The van der Waals surface area contributed by atoms with E-state index in [1.807, 2.05) is 0 Å². The number of nitrogens with zero attached hydrogens (tertiary/aromatic N) is 1. The second-order valence-corrected chi connectivity index (χ2v) is 14.7. The molecule has 0 aromatic heterocycles. The molecular weight excluding hydrogens is 462 g/mol. The van der Waals surface area contributed by atoms with E-state index < -0.39 is 0 Å². The highest BCUT2D eigenvalue weighted by Crippen LogP contribution is 2.71. The summed E-state index contributed by atoms with van der Waals surface area (Å²) >= 11 is 0. The van der Waals surface area contributed by atoms with Gasteiger partial charge < -0.3 is 9.94 Å². The molecule has 37 heavy (non-hydrogen) atoms. The number of fused-ring (bicyclic) bond motifs is 4. The van der Waals surface area contributed by atoms with Crippen molar-refractivity contribution in [3.05, 3.63) is 11.1 Å². The van der Waals surface area contributed by atoms with Crippen LogP contribution in [0.25, 0.3) is 0 Å². The van der Waals surface area contributed by atoms with Crippen LogP contribution in [-0.4, -0.2) is 28.8 Å². The second-order valence-electron chi connectivity index (χ2n) is 14.7. The molecule has 208 valence electrons. The molecule has 4 rings (SSSR count). The molecule has 0 unspecified atom stereocenters. The van der Waals surface area contributed by atoms with Gasteiger partial charge in [0.25, 0.3) is 0 Å². The van der Waals surface area contributed by atoms with Crippen LogP contribution in [-0.2, 0) is 14.3 Å². The Hall–Kier alpha value is -1.65. The molecular formula is C32H51NO4. The summed E-state index contributed by atoms with van der Waals surface area (Å²) in [5.41, 5.74) is 1.72. The first-order valence-corrected chi connectivity index (χ1v) is 14.8. The van der Waals surface area contributed by atoms with E-state index in [4.69, 9.17) is 4.74 Å². The Balaban J connectivity index is 1.76. The van der Waals surface area contributed by atoms with Crippen LogP contribution in [0.5, 0.6) is 0 Å². The molecule has 0 spiro atoms. The van der Waals surface area contributed by atoms with Gasteiger partial charge in [0.1, 0.15) is 6.10 Å². The smallest absolute Gasteiger partial charge is 0.302 e. The number of oxime groups is 1. The first-order chi connectivity index (χ1) is 17.1. The molecule has 5 nitrogen and oxygen atoms in total. The van der Waals surface area contributed by atoms with E-state index in [2.05, 4.69) is 60.5 Å². The number of carbonyl (C=O) groups excluding carboxylic acids is 2. The molecule has 2 fully saturated rings. The topological polar surface area (TPSA) is 76.0 Å². The van der Waals surface area contributed by atoms with E-state index in [-0.39, 0.29) is 45.4 Å². The average Bonchev–Trinajstić information content (AvgIpc) is 3.06. The van der Waals surface area contributed by atoms with Gasteiger partial charge >= 0.3 is 5.97 Å². The molecule has 7 atom stereocenters. The monoisotopic (exact) mass is 513 g/mol. The third kappa shape index (κ3) is 4.22. The summed E-state index contributed by atoms with van der Waals surface area (Å²) in [4.78, 5) is 26.2. The maximum atomic E-state index is 14.3. The standard InChI is InChI=1S/C32H51NO4/c1-19(2)11-10-12-20(3)22-13-16-31(8)27-23(33-36)17-25-29(5,6)26(37-21(4)34)14-15-30(25,7)28(27)24(35)18-32(22,31)9/h19-20,22,25-26,36H,10-18H2,1-9H3/b33-23-/t20-,22-,25+,26+,30+,31+,32-/m1/s1. The molecule has 2 saturated carbocycles. The fraction of sp³-hybridized carbons (Fsp3) is 0.844. The van der Waals surface area contributed by atoms with Gasteiger partial charge in [0, 0.05) is 35.2 Å². The Kier molecular flexibility index (Phi) is 7.30. The Morgan fingerprint density at radius 3 is 2.32 bits per heavy atom. The third-order valence-corrected chi connectivity index (χ3v) is 11.9. The van der Waals surface area contributed by atoms with Crippen LogP contribution in [0.2, 0.25) is 0 Å². The van der Waals surface area contributed by atoms with Crippen molar-refractivity contribution in [2.75, 3.05) is 0 Å². The van der Waals surface area contributed by atoms with Crippen molar-refractivity contribution in [3.63, 3.8) is 0 Å². The summed E-state index contributed by atoms with van der Waals surface area (Å²) < 4.78 is 5.78. The largest absolute Gasteiger partial charge is 0.462 e. The molecule has 0 aliphatic heterocycles. The Bertz CT molecular complexity index is 1010. The van der Waals surface area contributed by atoms with Crippen LogP contribution in [0.1, 0.15) is 120 Å². The number of carbonyl (C=O) groups is 2. The minimum atomic E-state index is -0.335. The van der Waals surface area contributed by atoms with Gasteiger partial charge in [0.2, 0.25) is 0 Å². The Morgan fingerprint density at radius 1 is 1.05 bits per heavy atom. The molecule has 0 saturated heterocycles. The number of Topliss-reactive ketones (excluding diaryl/α,β-unsaturated/α-hetero) is 1. The number of ether oxygens (including phenoxy) is 1. The van der Waals surface area contributed by atoms with Crippen molar-refractivity contribution < 1.29 is 19.5 Å². The SMILES string of the molecule is CC(=O)O[C@H]1CC[C@]2(C)C3=C(/C(=N\O)C[C@H]2C1(C)C)[C@]1(C)CC[C@H]([C@H](C)CCCC(C)C)[C@@]1(C)CC3=O. The highest BCUT2D eigenvalue weighted by molar-refractivity contribution is 6.13. The van der Waals surface area contributed by atoms with Gasteiger partial charge in [-0.3, -0.25) is 9.59 Å². The van der Waals surface area contributed by atoms with Gasteiger partial charge in [-0.25, -0.2) is 0 Å². The van der Waals surface area contributed by atoms with Gasteiger partial charge in [0.15, 0.2) is 5.78 Å². The fourth-order valence-corrected chi connectivity index (χ4v) is 9.67. The number of hydrogen-bond donors (Lipinski definition) is 1. The number of rotatable bonds is 6. The average molecular weight is 514 g/mol. The van der Waals surface area contributed by atoms with Crippen LogP contribution >= 0.6 is 0 Å². The molecule has 0 bridgehead atoms. The highest BCUT2D eigenvalue weighted by Gasteiger charge is 2.67. The summed E-state index contributed by atoms with van der Waals surface area (Å²) in [6.07, 6.45) is 8.42. The molecule has 0 amide bonds. The highest BCUT2D eigenvalue weighted by atomic mass is 16.5. The van der Waals surface area contributed by atoms with Crippen LogP contribution in [0, 0.1) is 45.3 Å². The number of hydrogen-bond acceptors (Lipinski definition) is 5. The summed E-state index contributed by atoms with van der Waals surface area (Å²) in [5, 5.41) is 14.3. The number of ketones is 1. The molecule has 0 aromatic carbocycles. The molecule has 0 radical (unpaired) electrons. The van der Waals surface area contributed by atoms with Crippen LogP contribution < -0.4 is 0 Å². The predicted molar refractivity (Wildman–Crippen MR) is 147 cm³/mol. The van der Waals surface area contributed by atoms with Crippen molar-refractivity contribution in [1.82, 2.24) is 0 Å². The van der Waals surface area contributed by atoms with Gasteiger partial charge in [-0.1, -0.05) is 79.8 Å². The van der Waals surface area contributed by atoms with Crippen LogP contribution in [0.3, 0.4) is 0 Å². The maximum Gasteiger partial charge on any atom is 0.302 e. The van der Waals surface area contributed by atoms with E-state index >= 15 is 0 Å². The normalized spacial score (nSPS) is 40.9. The fourth-order valence-electron chi connectivity index (χ4n) is 9.67. The lowest BCUT2D eigenvalue weighted by atomic mass is 9.42. The number of allylic oxidation sites excluding steroid dienone is 2. The van der Waals surface area contributed by atoms with Crippen molar-refractivity contribution in [2.45, 2.75) is 126 Å². The molecule has 4 aliphatic carbocycles. The Labute approximate surface area is 224 Å². The van der Waals surface area contributed by atoms with Crippen molar-refractivity contribution in [3.8, 4) is 0 Å². The first-order valence-electron chi connectivity index (χ1n) is 14.8. The zero-order valence-corrected chi connectivity index (χ0v) is 24.9. The van der Waals surface area contributed by atoms with Gasteiger partial charge in [0.05, 0.1) is 5.71 Å². The molecule has 5 heteroatoms. The molecule has 0 aromatic rings. The van der Waals surface area contributed by atoms with Gasteiger partial charge in [-0.05, 0) is 66.8 Å². The minimum absolute atomic E-state index is 0.0619. The zero-order valence-electron chi connectivity index (χ0n) is 24.9. The van der Waals surface area contributed by atoms with Crippen molar-refractivity contribution in [1.29, 1.82) is 0 Å². The van der Waals surface area contributed by atoms with E-state index in [9.17, 15) is 14.8 Å². The lowest BCUT2D eigenvalue weighted by Gasteiger charge is -2.61. The quantitative estimate of drug-likeness (QED) is 0.224. The van der Waals surface area contributed by atoms with Gasteiger partial charge in [-0.15, -0.1) is 0 Å². The van der Waals surface area contributed by atoms with Crippen molar-refractivity contribution in [2.24, 2.45) is 50.5 Å². The van der Waals surface area contributed by atoms with E-state index in [0.717, 1.165) is 42.7 Å². The van der Waals surface area contributed by atoms with Crippen LogP contribution in [0.15, 0.2) is 16.3 Å². The summed E-state index contributed by atoms with van der Waals surface area (Å²) in [6, 6.07) is 0. The van der Waals surface area contributed by atoms with Gasteiger partial charge in [-0.2, -0.15) is 0 Å². The van der Waals surface area contributed by atoms with E-state index in [0.29, 0.717) is 30.4 Å². The Morgan fingerprint density at radius 2 is 1.73 bits per heavy atom. The first kappa shape index (κ1) is 28.4. The summed E-state index contributed by atoms with van der Waals surface area (Å²) in [6.45, 7) is 19.8. The summed E-state index contributed by atoms with van der Waals surface area (Å²) in [7, 11) is 0. The van der Waals surface area contributed by atoms with Crippen LogP contribution in [0.4, 0.5) is 0 Å². The predicted octanol–water partition coefficient (Wildman–Crippen LogP) is 7.75. The lowest BCUT2D eigenvalue weighted by Crippen LogP contribution is -2.59. The maximum absolute atomic E-state index is 14.3. The van der Waals surface area contributed by atoms with E-state index in [1.54, 1.807) is 0 Å². The second kappa shape index (κ2) is 9.52. The van der Waals surface area contributed by atoms with Crippen molar-refractivity contribution >= 4 is 17.5 Å². The molecule has 4 aliphatic rings. The third-order valence-electron chi connectivity index (χ3n) is 11.9. The minimum Gasteiger partial charge on any atom is -0.462 e. The summed E-state index contributed by atoms with van der Waals surface area (Å²) in [5.74, 6) is 1.84.